The molecule has 3 aliphatic heterocycles. The van der Waals surface area contributed by atoms with E-state index in [-0.39, 0.29) is 17.9 Å². The number of likely N-dealkylation sites (N-methyl/N-ethyl adjacent to an activating group) is 1. The van der Waals surface area contributed by atoms with E-state index in [0.29, 0.717) is 35.7 Å². The number of piperazine rings is 1. The van der Waals surface area contributed by atoms with Gasteiger partial charge < -0.3 is 29.5 Å². The molecule has 198 valence electrons. The number of fused-ring (bicyclic) bond motifs is 4. The van der Waals surface area contributed by atoms with Gasteiger partial charge in [-0.15, -0.1) is 0 Å². The number of carbonyl (C=O) groups excluding carboxylic acids is 2. The van der Waals surface area contributed by atoms with Crippen LogP contribution in [0.4, 0.5) is 0 Å². The lowest BCUT2D eigenvalue weighted by molar-refractivity contribution is -0.124. The molecule has 0 unspecified atom stereocenters. The van der Waals surface area contributed by atoms with Gasteiger partial charge in [0.2, 0.25) is 5.91 Å². The third-order valence-electron chi connectivity index (χ3n) is 8.17. The number of hydrogen-bond donors (Lipinski definition) is 1. The van der Waals surface area contributed by atoms with Crippen LogP contribution in [-0.4, -0.2) is 93.1 Å². The Morgan fingerprint density at radius 2 is 1.68 bits per heavy atom. The van der Waals surface area contributed by atoms with Crippen LogP contribution >= 0.6 is 0 Å². The summed E-state index contributed by atoms with van der Waals surface area (Å²) in [6.45, 7) is 9.85. The largest absolute Gasteiger partial charge is 0.493 e. The molecule has 2 amide bonds. The molecule has 2 atom stereocenters. The lowest BCUT2D eigenvalue weighted by Crippen LogP contribution is -2.50. The molecule has 3 heterocycles. The monoisotopic (exact) mass is 506 g/mol. The van der Waals surface area contributed by atoms with E-state index in [1.165, 1.54) is 5.56 Å². The summed E-state index contributed by atoms with van der Waals surface area (Å²) in [6.07, 6.45) is 1.67. The molecule has 8 nitrogen and oxygen atoms in total. The van der Waals surface area contributed by atoms with E-state index in [2.05, 4.69) is 34.2 Å². The first-order valence-electron chi connectivity index (χ1n) is 13.4. The van der Waals surface area contributed by atoms with E-state index >= 15 is 0 Å². The van der Waals surface area contributed by atoms with Crippen molar-refractivity contribution in [2.45, 2.75) is 31.7 Å². The second kappa shape index (κ2) is 11.1. The number of methoxy groups -OCH3 is 2. The first kappa shape index (κ1) is 25.5. The number of amides is 2. The van der Waals surface area contributed by atoms with Crippen LogP contribution in [0.1, 0.15) is 52.4 Å². The highest BCUT2D eigenvalue weighted by Gasteiger charge is 2.46. The van der Waals surface area contributed by atoms with Crippen molar-refractivity contribution in [2.75, 3.05) is 66.6 Å². The Labute approximate surface area is 219 Å². The number of hydrogen-bond acceptors (Lipinski definition) is 6. The summed E-state index contributed by atoms with van der Waals surface area (Å²) in [6, 6.07) is 11.4. The molecule has 0 aromatic heterocycles. The number of benzene rings is 2. The second-order valence-corrected chi connectivity index (χ2v) is 10.1. The normalized spacial score (nSPS) is 21.6. The standard InChI is InChI=1S/C29H38N4O4/c1-4-31-14-16-32(17-15-31)12-7-11-30-28(34)26-22-18-24(36-2)25(37-3)19-23(22)29(35)33-13-10-20-8-5-6-9-21(20)27(26)33/h5-6,8-9,18-19,26-27H,4,7,10-17H2,1-3H3,(H,30,34)/t26-,27-/m1/s1. The van der Waals surface area contributed by atoms with E-state index in [0.717, 1.165) is 57.7 Å². The summed E-state index contributed by atoms with van der Waals surface area (Å²) < 4.78 is 11.0. The molecule has 1 saturated heterocycles. The number of rotatable bonds is 8. The zero-order valence-corrected chi connectivity index (χ0v) is 22.2. The molecule has 0 bridgehead atoms. The third kappa shape index (κ3) is 4.92. The minimum absolute atomic E-state index is 0.0523. The van der Waals surface area contributed by atoms with Gasteiger partial charge in [0.1, 0.15) is 0 Å². The van der Waals surface area contributed by atoms with Crippen LogP contribution in [0.5, 0.6) is 11.5 Å². The Morgan fingerprint density at radius 1 is 0.973 bits per heavy atom. The quantitative estimate of drug-likeness (QED) is 0.555. The topological polar surface area (TPSA) is 74.4 Å². The van der Waals surface area contributed by atoms with Gasteiger partial charge in [-0.2, -0.15) is 0 Å². The maximum atomic E-state index is 13.9. The summed E-state index contributed by atoms with van der Waals surface area (Å²) in [5.74, 6) is 0.375. The van der Waals surface area contributed by atoms with Crippen molar-refractivity contribution < 1.29 is 19.1 Å². The molecule has 0 radical (unpaired) electrons. The van der Waals surface area contributed by atoms with E-state index in [1.807, 2.05) is 23.1 Å². The molecule has 5 rings (SSSR count). The number of carbonyl (C=O) groups is 2. The summed E-state index contributed by atoms with van der Waals surface area (Å²) in [4.78, 5) is 34.4. The van der Waals surface area contributed by atoms with Crippen LogP contribution in [0.15, 0.2) is 36.4 Å². The predicted octanol–water partition coefficient (Wildman–Crippen LogP) is 2.68. The van der Waals surface area contributed by atoms with Gasteiger partial charge in [-0.05, 0) is 54.8 Å². The third-order valence-corrected chi connectivity index (χ3v) is 8.17. The summed E-state index contributed by atoms with van der Waals surface area (Å²) in [5, 5.41) is 3.21. The number of nitrogens with zero attached hydrogens (tertiary/aromatic N) is 3. The van der Waals surface area contributed by atoms with Crippen LogP contribution in [0.25, 0.3) is 0 Å². The lowest BCUT2D eigenvalue weighted by Gasteiger charge is -2.45. The Kier molecular flexibility index (Phi) is 7.67. The fraction of sp³-hybridized carbons (Fsp3) is 0.517. The van der Waals surface area contributed by atoms with E-state index < -0.39 is 5.92 Å². The summed E-state index contributed by atoms with van der Waals surface area (Å²) >= 11 is 0. The molecule has 37 heavy (non-hydrogen) atoms. The maximum Gasteiger partial charge on any atom is 0.254 e. The average Bonchev–Trinajstić information content (AvgIpc) is 2.95. The Balaban J connectivity index is 1.39. The van der Waals surface area contributed by atoms with Crippen LogP contribution < -0.4 is 14.8 Å². The molecule has 1 N–H and O–H groups in total. The van der Waals surface area contributed by atoms with Crippen LogP contribution in [0, 0.1) is 0 Å². The van der Waals surface area contributed by atoms with Gasteiger partial charge in [-0.1, -0.05) is 31.2 Å². The molecule has 0 saturated carbocycles. The molecule has 3 aliphatic rings. The molecular weight excluding hydrogens is 468 g/mol. The minimum Gasteiger partial charge on any atom is -0.493 e. The highest BCUT2D eigenvalue weighted by atomic mass is 16.5. The van der Waals surface area contributed by atoms with Crippen LogP contribution in [0.3, 0.4) is 0 Å². The fourth-order valence-electron chi connectivity index (χ4n) is 6.09. The zero-order chi connectivity index (χ0) is 25.9. The highest BCUT2D eigenvalue weighted by Crippen LogP contribution is 2.48. The van der Waals surface area contributed by atoms with Crippen molar-refractivity contribution in [1.82, 2.24) is 20.0 Å². The molecule has 0 aliphatic carbocycles. The SMILES string of the molecule is CCN1CCN(CCCNC(=O)[C@@H]2c3cc(OC)c(OC)cc3C(=O)N3CCc4ccccc4[C@H]23)CC1. The summed E-state index contributed by atoms with van der Waals surface area (Å²) in [5.41, 5.74) is 3.47. The van der Waals surface area contributed by atoms with E-state index in [9.17, 15) is 9.59 Å². The fourth-order valence-corrected chi connectivity index (χ4v) is 6.09. The van der Waals surface area contributed by atoms with Crippen molar-refractivity contribution in [1.29, 1.82) is 0 Å². The van der Waals surface area contributed by atoms with Gasteiger partial charge in [-0.25, -0.2) is 0 Å². The van der Waals surface area contributed by atoms with Crippen molar-refractivity contribution in [3.63, 3.8) is 0 Å². The van der Waals surface area contributed by atoms with Gasteiger partial charge >= 0.3 is 0 Å². The minimum atomic E-state index is -0.526. The first-order chi connectivity index (χ1) is 18.0. The Bertz CT molecular complexity index is 1140. The van der Waals surface area contributed by atoms with Gasteiger partial charge in [0.25, 0.3) is 5.91 Å². The van der Waals surface area contributed by atoms with E-state index in [4.69, 9.17) is 9.47 Å². The molecule has 0 spiro atoms. The molecule has 2 aromatic carbocycles. The lowest BCUT2D eigenvalue weighted by atomic mass is 9.75. The van der Waals surface area contributed by atoms with E-state index in [1.54, 1.807) is 20.3 Å². The van der Waals surface area contributed by atoms with Gasteiger partial charge in [0.15, 0.2) is 11.5 Å². The molecule has 1 fully saturated rings. The average molecular weight is 507 g/mol. The van der Waals surface area contributed by atoms with Crippen molar-refractivity contribution >= 4 is 11.8 Å². The van der Waals surface area contributed by atoms with Crippen molar-refractivity contribution in [3.05, 3.63) is 58.7 Å². The Morgan fingerprint density at radius 3 is 2.41 bits per heavy atom. The zero-order valence-electron chi connectivity index (χ0n) is 22.2. The second-order valence-electron chi connectivity index (χ2n) is 10.1. The van der Waals surface area contributed by atoms with Crippen molar-refractivity contribution in [2.24, 2.45) is 0 Å². The van der Waals surface area contributed by atoms with Crippen molar-refractivity contribution in [3.8, 4) is 11.5 Å². The number of ether oxygens (including phenoxy) is 2. The summed E-state index contributed by atoms with van der Waals surface area (Å²) in [7, 11) is 3.14. The highest BCUT2D eigenvalue weighted by molar-refractivity contribution is 6.02. The molecular formula is C29H38N4O4. The van der Waals surface area contributed by atoms with Gasteiger partial charge in [0.05, 0.1) is 26.2 Å². The molecule has 2 aromatic rings. The number of nitrogens with one attached hydrogen (secondary N) is 1. The van der Waals surface area contributed by atoms with Crippen LogP contribution in [0.2, 0.25) is 0 Å². The smallest absolute Gasteiger partial charge is 0.254 e. The van der Waals surface area contributed by atoms with Gasteiger partial charge in [-0.3, -0.25) is 9.59 Å². The van der Waals surface area contributed by atoms with Gasteiger partial charge in [0, 0.05) is 44.8 Å². The molecule has 8 heteroatoms. The first-order valence-corrected chi connectivity index (χ1v) is 13.4. The maximum absolute atomic E-state index is 13.9. The predicted molar refractivity (Wildman–Crippen MR) is 142 cm³/mol. The van der Waals surface area contributed by atoms with Crippen LogP contribution in [-0.2, 0) is 11.2 Å². The Hall–Kier alpha value is -3.10.